The van der Waals surface area contributed by atoms with Gasteiger partial charge in [0.05, 0.1) is 5.71 Å². The SMILES string of the molecule is CC(C)CNC(=O)C1CC(c2ccc(F)cc2)=NO1. The third kappa shape index (κ3) is 3.53. The average Bonchev–Trinajstić information content (AvgIpc) is 2.86. The standard InChI is InChI=1S/C14H17FN2O2/c1-9(2)8-16-14(18)13-7-12(17-19-13)10-3-5-11(15)6-4-10/h3-6,9,13H,7-8H2,1-2H3,(H,16,18). The molecular weight excluding hydrogens is 247 g/mol. The summed E-state index contributed by atoms with van der Waals surface area (Å²) in [5, 5.41) is 6.71. The monoisotopic (exact) mass is 264 g/mol. The van der Waals surface area contributed by atoms with Crippen LogP contribution in [0, 0.1) is 11.7 Å². The Hall–Kier alpha value is -1.91. The quantitative estimate of drug-likeness (QED) is 0.905. The van der Waals surface area contributed by atoms with E-state index in [1.807, 2.05) is 13.8 Å². The molecule has 1 aromatic carbocycles. The summed E-state index contributed by atoms with van der Waals surface area (Å²) >= 11 is 0. The highest BCUT2D eigenvalue weighted by atomic mass is 19.1. The van der Waals surface area contributed by atoms with E-state index < -0.39 is 6.10 Å². The second-order valence-corrected chi connectivity index (χ2v) is 4.98. The van der Waals surface area contributed by atoms with Gasteiger partial charge in [0.1, 0.15) is 5.82 Å². The van der Waals surface area contributed by atoms with Crippen molar-refractivity contribution in [2.24, 2.45) is 11.1 Å². The van der Waals surface area contributed by atoms with Crippen LogP contribution < -0.4 is 5.32 Å². The molecule has 1 atom stereocenters. The smallest absolute Gasteiger partial charge is 0.264 e. The number of oxime groups is 1. The van der Waals surface area contributed by atoms with Crippen LogP contribution in [-0.2, 0) is 9.63 Å². The van der Waals surface area contributed by atoms with Crippen molar-refractivity contribution in [3.63, 3.8) is 0 Å². The molecule has 2 rings (SSSR count). The molecule has 1 amide bonds. The summed E-state index contributed by atoms with van der Waals surface area (Å²) < 4.78 is 12.8. The fraction of sp³-hybridized carbons (Fsp3) is 0.429. The maximum atomic E-state index is 12.8. The molecule has 1 heterocycles. The number of carbonyl (C=O) groups excluding carboxylic acids is 1. The molecule has 0 aromatic heterocycles. The molecule has 0 saturated heterocycles. The number of amides is 1. The minimum absolute atomic E-state index is 0.158. The van der Waals surface area contributed by atoms with E-state index in [1.54, 1.807) is 12.1 Å². The summed E-state index contributed by atoms with van der Waals surface area (Å²) in [7, 11) is 0. The number of rotatable bonds is 4. The van der Waals surface area contributed by atoms with E-state index >= 15 is 0 Å². The lowest BCUT2D eigenvalue weighted by Crippen LogP contribution is -2.36. The molecule has 0 aliphatic carbocycles. The van der Waals surface area contributed by atoms with Gasteiger partial charge in [-0.3, -0.25) is 4.79 Å². The molecule has 5 heteroatoms. The van der Waals surface area contributed by atoms with Crippen molar-refractivity contribution in [1.29, 1.82) is 0 Å². The fourth-order valence-corrected chi connectivity index (χ4v) is 1.75. The molecule has 0 saturated carbocycles. The number of nitrogens with zero attached hydrogens (tertiary/aromatic N) is 1. The molecule has 1 aromatic rings. The summed E-state index contributed by atoms with van der Waals surface area (Å²) in [6, 6.07) is 5.99. The van der Waals surface area contributed by atoms with E-state index in [0.717, 1.165) is 5.56 Å². The zero-order chi connectivity index (χ0) is 13.8. The Bertz CT molecular complexity index is 483. The molecule has 0 fully saturated rings. The van der Waals surface area contributed by atoms with Crippen molar-refractivity contribution in [2.45, 2.75) is 26.4 Å². The van der Waals surface area contributed by atoms with Crippen LogP contribution in [0.4, 0.5) is 4.39 Å². The lowest BCUT2D eigenvalue weighted by molar-refractivity contribution is -0.131. The number of benzene rings is 1. The topological polar surface area (TPSA) is 50.7 Å². The summed E-state index contributed by atoms with van der Waals surface area (Å²) in [6.07, 6.45) is -0.172. The predicted molar refractivity (Wildman–Crippen MR) is 70.3 cm³/mol. The van der Waals surface area contributed by atoms with Crippen molar-refractivity contribution in [2.75, 3.05) is 6.54 Å². The first kappa shape index (κ1) is 13.5. The lowest BCUT2D eigenvalue weighted by atomic mass is 10.0. The van der Waals surface area contributed by atoms with Crippen LogP contribution in [-0.4, -0.2) is 24.3 Å². The third-order valence-electron chi connectivity index (χ3n) is 2.82. The molecule has 1 aliphatic rings. The highest BCUT2D eigenvalue weighted by Gasteiger charge is 2.28. The van der Waals surface area contributed by atoms with Gasteiger partial charge in [0, 0.05) is 13.0 Å². The fourth-order valence-electron chi connectivity index (χ4n) is 1.75. The van der Waals surface area contributed by atoms with Gasteiger partial charge in [-0.05, 0) is 23.6 Å². The number of nitrogens with one attached hydrogen (secondary N) is 1. The van der Waals surface area contributed by atoms with Crippen LogP contribution >= 0.6 is 0 Å². The first-order valence-corrected chi connectivity index (χ1v) is 6.32. The van der Waals surface area contributed by atoms with Gasteiger partial charge in [0.2, 0.25) is 6.10 Å². The average molecular weight is 264 g/mol. The van der Waals surface area contributed by atoms with Crippen molar-refractivity contribution in [1.82, 2.24) is 5.32 Å². The lowest BCUT2D eigenvalue weighted by Gasteiger charge is -2.10. The van der Waals surface area contributed by atoms with Gasteiger partial charge in [-0.25, -0.2) is 4.39 Å². The summed E-state index contributed by atoms with van der Waals surface area (Å²) in [5.41, 5.74) is 1.45. The van der Waals surface area contributed by atoms with E-state index in [9.17, 15) is 9.18 Å². The van der Waals surface area contributed by atoms with Crippen molar-refractivity contribution < 1.29 is 14.0 Å². The van der Waals surface area contributed by atoms with E-state index in [1.165, 1.54) is 12.1 Å². The number of carbonyl (C=O) groups is 1. The first-order chi connectivity index (χ1) is 9.06. The van der Waals surface area contributed by atoms with Crippen LogP contribution in [0.5, 0.6) is 0 Å². The predicted octanol–water partition coefficient (Wildman–Crippen LogP) is 2.09. The van der Waals surface area contributed by atoms with Crippen LogP contribution in [0.1, 0.15) is 25.8 Å². The van der Waals surface area contributed by atoms with Gasteiger partial charge in [0.15, 0.2) is 0 Å². The number of halogens is 1. The van der Waals surface area contributed by atoms with Crippen molar-refractivity contribution in [3.8, 4) is 0 Å². The minimum Gasteiger partial charge on any atom is -0.382 e. The molecule has 1 N–H and O–H groups in total. The Kier molecular flexibility index (Phi) is 4.14. The van der Waals surface area contributed by atoms with E-state index in [0.29, 0.717) is 24.6 Å². The molecular formula is C14H17FN2O2. The van der Waals surface area contributed by atoms with Crippen LogP contribution in [0.25, 0.3) is 0 Å². The molecule has 0 radical (unpaired) electrons. The zero-order valence-corrected chi connectivity index (χ0v) is 11.0. The van der Waals surface area contributed by atoms with Gasteiger partial charge in [-0.1, -0.05) is 31.1 Å². The van der Waals surface area contributed by atoms with Gasteiger partial charge in [-0.15, -0.1) is 0 Å². The molecule has 102 valence electrons. The van der Waals surface area contributed by atoms with Crippen LogP contribution in [0.3, 0.4) is 0 Å². The maximum absolute atomic E-state index is 12.8. The van der Waals surface area contributed by atoms with Crippen molar-refractivity contribution in [3.05, 3.63) is 35.6 Å². The maximum Gasteiger partial charge on any atom is 0.264 e. The Balaban J connectivity index is 1.92. The third-order valence-corrected chi connectivity index (χ3v) is 2.82. The Labute approximate surface area is 111 Å². The number of hydrogen-bond acceptors (Lipinski definition) is 3. The van der Waals surface area contributed by atoms with E-state index in [-0.39, 0.29) is 11.7 Å². The molecule has 1 unspecified atom stereocenters. The van der Waals surface area contributed by atoms with Crippen LogP contribution in [0.2, 0.25) is 0 Å². The highest BCUT2D eigenvalue weighted by Crippen LogP contribution is 2.17. The largest absolute Gasteiger partial charge is 0.382 e. The number of hydrogen-bond donors (Lipinski definition) is 1. The van der Waals surface area contributed by atoms with E-state index in [2.05, 4.69) is 10.5 Å². The summed E-state index contributed by atoms with van der Waals surface area (Å²) in [6.45, 7) is 4.66. The zero-order valence-electron chi connectivity index (χ0n) is 11.0. The minimum atomic E-state index is -0.584. The Morgan fingerprint density at radius 2 is 2.16 bits per heavy atom. The molecule has 0 spiro atoms. The van der Waals surface area contributed by atoms with Crippen LogP contribution in [0.15, 0.2) is 29.4 Å². The van der Waals surface area contributed by atoms with Gasteiger partial charge >= 0.3 is 0 Å². The Morgan fingerprint density at radius 1 is 1.47 bits per heavy atom. The van der Waals surface area contributed by atoms with Crippen molar-refractivity contribution >= 4 is 11.6 Å². The summed E-state index contributed by atoms with van der Waals surface area (Å²) in [4.78, 5) is 16.9. The molecule has 19 heavy (non-hydrogen) atoms. The normalized spacial score (nSPS) is 18.1. The highest BCUT2D eigenvalue weighted by molar-refractivity contribution is 6.04. The van der Waals surface area contributed by atoms with Gasteiger partial charge in [-0.2, -0.15) is 0 Å². The Morgan fingerprint density at radius 3 is 2.79 bits per heavy atom. The second kappa shape index (κ2) is 5.82. The molecule has 1 aliphatic heterocycles. The van der Waals surface area contributed by atoms with Gasteiger partial charge < -0.3 is 10.2 Å². The first-order valence-electron chi connectivity index (χ1n) is 6.32. The van der Waals surface area contributed by atoms with E-state index in [4.69, 9.17) is 4.84 Å². The summed E-state index contributed by atoms with van der Waals surface area (Å²) in [5.74, 6) is -0.0631. The van der Waals surface area contributed by atoms with Gasteiger partial charge in [0.25, 0.3) is 5.91 Å². The second-order valence-electron chi connectivity index (χ2n) is 4.98. The molecule has 4 nitrogen and oxygen atoms in total. The molecule has 0 bridgehead atoms.